The number of hydrogen-bond acceptors (Lipinski definition) is 2. The first-order valence-corrected chi connectivity index (χ1v) is 5.73. The number of hydrogen-bond donors (Lipinski definition) is 0. The molecular weight excluding hydrogens is 231 g/mol. The molecule has 0 saturated carbocycles. The van der Waals surface area contributed by atoms with Crippen LogP contribution in [0.25, 0.3) is 11.1 Å². The molecule has 1 aliphatic heterocycles. The van der Waals surface area contributed by atoms with Crippen LogP contribution >= 0.6 is 0 Å². The van der Waals surface area contributed by atoms with Gasteiger partial charge in [-0.05, 0) is 29.8 Å². The molecule has 2 aromatic rings. The molecule has 0 saturated heterocycles. The van der Waals surface area contributed by atoms with Gasteiger partial charge in [-0.25, -0.2) is 4.39 Å². The van der Waals surface area contributed by atoms with E-state index in [0.717, 1.165) is 28.2 Å². The van der Waals surface area contributed by atoms with Gasteiger partial charge in [-0.1, -0.05) is 12.1 Å². The highest BCUT2D eigenvalue weighted by Gasteiger charge is 2.19. The van der Waals surface area contributed by atoms with Gasteiger partial charge in [0.15, 0.2) is 0 Å². The molecule has 2 aromatic carbocycles. The fraction of sp³-hybridized carbons (Fsp3) is 0.133. The fourth-order valence-electron chi connectivity index (χ4n) is 2.16. The van der Waals surface area contributed by atoms with Gasteiger partial charge in [-0.15, -0.1) is 0 Å². The highest BCUT2D eigenvalue weighted by atomic mass is 19.1. The third kappa shape index (κ3) is 1.82. The van der Waals surface area contributed by atoms with Crippen molar-refractivity contribution in [1.29, 1.82) is 0 Å². The lowest BCUT2D eigenvalue weighted by atomic mass is 10.0. The van der Waals surface area contributed by atoms with Crippen LogP contribution in [-0.2, 0) is 6.42 Å². The summed E-state index contributed by atoms with van der Waals surface area (Å²) in [5.41, 5.74) is 2.53. The Balaban J connectivity index is 2.16. The van der Waals surface area contributed by atoms with Crippen molar-refractivity contribution in [3.8, 4) is 22.6 Å². The first-order chi connectivity index (χ1) is 8.78. The Bertz CT molecular complexity index is 593. The number of halogens is 1. The third-order valence-corrected chi connectivity index (χ3v) is 3.02. The van der Waals surface area contributed by atoms with Crippen LogP contribution in [0.2, 0.25) is 0 Å². The lowest BCUT2D eigenvalue weighted by Crippen LogP contribution is -1.89. The summed E-state index contributed by atoms with van der Waals surface area (Å²) in [6.45, 7) is 1.69. The quantitative estimate of drug-likeness (QED) is 0.802. The zero-order valence-corrected chi connectivity index (χ0v) is 9.94. The summed E-state index contributed by atoms with van der Waals surface area (Å²) in [5.74, 6) is 1.24. The molecule has 0 aromatic heterocycles. The number of methoxy groups -OCH3 is 1. The average molecular weight is 243 g/mol. The number of ether oxygens (including phenoxy) is 2. The van der Waals surface area contributed by atoms with E-state index in [2.05, 4.69) is 0 Å². The van der Waals surface area contributed by atoms with Crippen molar-refractivity contribution in [3.05, 3.63) is 54.4 Å². The average Bonchev–Trinajstić information content (AvgIpc) is 2.85. The van der Waals surface area contributed by atoms with Crippen LogP contribution < -0.4 is 9.47 Å². The van der Waals surface area contributed by atoms with Gasteiger partial charge in [0.1, 0.15) is 23.9 Å². The molecule has 0 unspecified atom stereocenters. The minimum absolute atomic E-state index is 0.245. The van der Waals surface area contributed by atoms with Crippen molar-refractivity contribution in [2.75, 3.05) is 7.11 Å². The summed E-state index contributed by atoms with van der Waals surface area (Å²) in [6, 6.07) is 10.5. The predicted octanol–water partition coefficient (Wildman–Crippen LogP) is 3.60. The van der Waals surface area contributed by atoms with E-state index in [1.54, 1.807) is 13.7 Å². The van der Waals surface area contributed by atoms with Gasteiger partial charge in [-0.3, -0.25) is 0 Å². The van der Waals surface area contributed by atoms with Crippen molar-refractivity contribution in [3.63, 3.8) is 0 Å². The molecule has 1 aliphatic rings. The summed E-state index contributed by atoms with van der Waals surface area (Å²) in [5, 5.41) is 0. The summed E-state index contributed by atoms with van der Waals surface area (Å²) in [6.07, 6.45) is 0.643. The second kappa shape index (κ2) is 4.33. The summed E-state index contributed by atoms with van der Waals surface area (Å²) in [7, 11) is 1.61. The van der Waals surface area contributed by atoms with Crippen LogP contribution in [0.4, 0.5) is 4.39 Å². The molecule has 3 rings (SSSR count). The second-order valence-corrected chi connectivity index (χ2v) is 4.16. The first kappa shape index (κ1) is 11.1. The first-order valence-electron chi connectivity index (χ1n) is 5.73. The van der Waals surface area contributed by atoms with Gasteiger partial charge in [0.2, 0.25) is 0 Å². The van der Waals surface area contributed by atoms with Gasteiger partial charge >= 0.3 is 0 Å². The summed E-state index contributed by atoms with van der Waals surface area (Å²) < 4.78 is 24.3. The Labute approximate surface area is 105 Å². The lowest BCUT2D eigenvalue weighted by molar-refractivity contribution is 0.415. The molecule has 0 aliphatic carbocycles. The van der Waals surface area contributed by atoms with E-state index >= 15 is 0 Å². The van der Waals surface area contributed by atoms with Crippen LogP contribution in [0.1, 0.15) is 5.56 Å². The predicted molar refractivity (Wildman–Crippen MR) is 67.0 cm³/mol. The van der Waals surface area contributed by atoms with Crippen molar-refractivity contribution in [2.45, 2.75) is 6.42 Å². The molecule has 0 spiro atoms. The molecule has 18 heavy (non-hydrogen) atoms. The van der Waals surface area contributed by atoms with E-state index in [4.69, 9.17) is 9.47 Å². The van der Waals surface area contributed by atoms with E-state index in [1.165, 1.54) is 12.1 Å². The normalized spacial score (nSPS) is 13.0. The number of fused-ring (bicyclic) bond motifs is 1. The monoisotopic (exact) mass is 243 g/mol. The van der Waals surface area contributed by atoms with Gasteiger partial charge < -0.3 is 9.47 Å². The molecule has 1 radical (unpaired) electrons. The molecule has 0 bridgehead atoms. The van der Waals surface area contributed by atoms with Crippen LogP contribution in [0.15, 0.2) is 36.4 Å². The molecule has 2 nitrogen and oxygen atoms in total. The highest BCUT2D eigenvalue weighted by Crippen LogP contribution is 2.39. The van der Waals surface area contributed by atoms with Crippen LogP contribution in [0.5, 0.6) is 11.5 Å². The fourth-order valence-corrected chi connectivity index (χ4v) is 2.16. The topological polar surface area (TPSA) is 18.5 Å². The maximum absolute atomic E-state index is 13.6. The number of rotatable bonds is 2. The van der Waals surface area contributed by atoms with E-state index in [0.29, 0.717) is 6.42 Å². The minimum atomic E-state index is -0.245. The molecule has 0 fully saturated rings. The minimum Gasteiger partial charge on any atom is -0.497 e. The number of benzene rings is 2. The lowest BCUT2D eigenvalue weighted by Gasteiger charge is -2.09. The highest BCUT2D eigenvalue weighted by molar-refractivity contribution is 5.74. The van der Waals surface area contributed by atoms with Crippen molar-refractivity contribution < 1.29 is 13.9 Å². The Morgan fingerprint density at radius 1 is 1.22 bits per heavy atom. The maximum Gasteiger partial charge on any atom is 0.140 e. The third-order valence-electron chi connectivity index (χ3n) is 3.02. The summed E-state index contributed by atoms with van der Waals surface area (Å²) >= 11 is 0. The second-order valence-electron chi connectivity index (χ2n) is 4.16. The van der Waals surface area contributed by atoms with Crippen LogP contribution in [0.3, 0.4) is 0 Å². The zero-order chi connectivity index (χ0) is 12.5. The Hall–Kier alpha value is -2.03. The van der Waals surface area contributed by atoms with Crippen molar-refractivity contribution in [2.24, 2.45) is 0 Å². The smallest absolute Gasteiger partial charge is 0.140 e. The SMILES string of the molecule is COc1cccc(-c2cc(F)cc3c2O[CH]C3)c1. The largest absolute Gasteiger partial charge is 0.497 e. The van der Waals surface area contributed by atoms with E-state index < -0.39 is 0 Å². The molecule has 1 heterocycles. The van der Waals surface area contributed by atoms with E-state index in [9.17, 15) is 4.39 Å². The molecular formula is C15H12FO2. The van der Waals surface area contributed by atoms with Crippen LogP contribution in [0, 0.1) is 12.4 Å². The van der Waals surface area contributed by atoms with Gasteiger partial charge in [0.05, 0.1) is 7.11 Å². The van der Waals surface area contributed by atoms with Crippen molar-refractivity contribution in [1.82, 2.24) is 0 Å². The van der Waals surface area contributed by atoms with Crippen molar-refractivity contribution >= 4 is 0 Å². The molecule has 0 atom stereocenters. The Morgan fingerprint density at radius 3 is 2.94 bits per heavy atom. The van der Waals surface area contributed by atoms with Crippen LogP contribution in [-0.4, -0.2) is 7.11 Å². The van der Waals surface area contributed by atoms with Gasteiger partial charge in [0, 0.05) is 17.5 Å². The summed E-state index contributed by atoms with van der Waals surface area (Å²) in [4.78, 5) is 0. The van der Waals surface area contributed by atoms with E-state index in [-0.39, 0.29) is 5.82 Å². The zero-order valence-electron chi connectivity index (χ0n) is 9.94. The van der Waals surface area contributed by atoms with E-state index in [1.807, 2.05) is 24.3 Å². The molecule has 91 valence electrons. The van der Waals surface area contributed by atoms with Gasteiger partial charge in [0.25, 0.3) is 0 Å². The van der Waals surface area contributed by atoms with Gasteiger partial charge in [-0.2, -0.15) is 0 Å². The molecule has 0 N–H and O–H groups in total. The Morgan fingerprint density at radius 2 is 2.11 bits per heavy atom. The Kier molecular flexibility index (Phi) is 2.67. The molecule has 3 heteroatoms. The molecule has 0 amide bonds. The maximum atomic E-state index is 13.6. The standard InChI is InChI=1S/C15H12FO2/c1-17-13-4-2-3-10(8-13)14-9-12(16)7-11-5-6-18-15(11)14/h2-4,6-9H,5H2,1H3.